The number of amides is 2. The monoisotopic (exact) mass is 254 g/mol. The van der Waals surface area contributed by atoms with Crippen molar-refractivity contribution in [2.45, 2.75) is 26.4 Å². The van der Waals surface area contributed by atoms with Gasteiger partial charge in [0.25, 0.3) is 0 Å². The minimum atomic E-state index is -1.04. The maximum atomic E-state index is 11.8. The lowest BCUT2D eigenvalue weighted by molar-refractivity contribution is -0.140. The van der Waals surface area contributed by atoms with Crippen molar-refractivity contribution in [1.29, 1.82) is 0 Å². The van der Waals surface area contributed by atoms with Gasteiger partial charge in [0, 0.05) is 7.05 Å². The fourth-order valence-electron chi connectivity index (χ4n) is 1.46. The quantitative estimate of drug-likeness (QED) is 0.834. The highest BCUT2D eigenvalue weighted by Crippen LogP contribution is 2.06. The van der Waals surface area contributed by atoms with Gasteiger partial charge in [0.15, 0.2) is 0 Å². The molecular weight excluding hydrogens is 236 g/mol. The summed E-state index contributed by atoms with van der Waals surface area (Å²) in [6.07, 6.45) is 1.52. The first-order chi connectivity index (χ1) is 8.41. The highest BCUT2D eigenvalue weighted by atomic mass is 16.4. The first kappa shape index (κ1) is 14.1. The van der Waals surface area contributed by atoms with E-state index < -0.39 is 18.0 Å². The van der Waals surface area contributed by atoms with E-state index in [4.69, 9.17) is 9.52 Å². The van der Waals surface area contributed by atoms with Crippen LogP contribution in [0.1, 0.15) is 19.6 Å². The van der Waals surface area contributed by atoms with Crippen LogP contribution in [0, 0.1) is 5.92 Å². The largest absolute Gasteiger partial charge is 0.480 e. The molecule has 0 unspecified atom stereocenters. The Bertz CT molecular complexity index is 400. The summed E-state index contributed by atoms with van der Waals surface area (Å²) in [5.74, 6) is -0.572. The fourth-order valence-corrected chi connectivity index (χ4v) is 1.46. The smallest absolute Gasteiger partial charge is 0.326 e. The zero-order valence-electron chi connectivity index (χ0n) is 10.7. The van der Waals surface area contributed by atoms with Gasteiger partial charge in [0.1, 0.15) is 11.8 Å². The van der Waals surface area contributed by atoms with Crippen molar-refractivity contribution in [2.75, 3.05) is 7.05 Å². The Hall–Kier alpha value is -1.98. The molecule has 2 N–H and O–H groups in total. The van der Waals surface area contributed by atoms with Gasteiger partial charge in [-0.1, -0.05) is 13.8 Å². The highest BCUT2D eigenvalue weighted by Gasteiger charge is 2.24. The fraction of sp³-hybridized carbons (Fsp3) is 0.500. The maximum Gasteiger partial charge on any atom is 0.326 e. The molecule has 1 atom stereocenters. The van der Waals surface area contributed by atoms with Gasteiger partial charge in [-0.3, -0.25) is 0 Å². The molecule has 0 aliphatic carbocycles. The van der Waals surface area contributed by atoms with E-state index in [-0.39, 0.29) is 5.92 Å². The van der Waals surface area contributed by atoms with E-state index in [0.29, 0.717) is 12.3 Å². The first-order valence-corrected chi connectivity index (χ1v) is 5.68. The van der Waals surface area contributed by atoms with Gasteiger partial charge in [0.2, 0.25) is 0 Å². The predicted molar refractivity (Wildman–Crippen MR) is 65.0 cm³/mol. The number of carbonyl (C=O) groups excluding carboxylic acids is 1. The SMILES string of the molecule is CC(C)[C@H](NC(=O)N(C)Cc1ccco1)C(=O)O. The van der Waals surface area contributed by atoms with Crippen LogP contribution in [0.3, 0.4) is 0 Å². The van der Waals surface area contributed by atoms with Gasteiger partial charge < -0.3 is 19.7 Å². The Morgan fingerprint density at radius 3 is 2.61 bits per heavy atom. The number of furan rings is 1. The summed E-state index contributed by atoms with van der Waals surface area (Å²) in [5, 5.41) is 11.5. The van der Waals surface area contributed by atoms with E-state index in [1.54, 1.807) is 33.0 Å². The number of hydrogen-bond acceptors (Lipinski definition) is 3. The van der Waals surface area contributed by atoms with Crippen molar-refractivity contribution in [3.8, 4) is 0 Å². The van der Waals surface area contributed by atoms with Crippen LogP contribution in [-0.2, 0) is 11.3 Å². The van der Waals surface area contributed by atoms with Crippen LogP contribution in [0.5, 0.6) is 0 Å². The van der Waals surface area contributed by atoms with E-state index in [1.165, 1.54) is 11.2 Å². The molecule has 6 nitrogen and oxygen atoms in total. The van der Waals surface area contributed by atoms with Gasteiger partial charge in [0.05, 0.1) is 12.8 Å². The molecule has 1 aromatic heterocycles. The van der Waals surface area contributed by atoms with Crippen LogP contribution in [0.2, 0.25) is 0 Å². The maximum absolute atomic E-state index is 11.8. The molecule has 0 aromatic carbocycles. The molecule has 2 amide bonds. The van der Waals surface area contributed by atoms with Crippen molar-refractivity contribution in [1.82, 2.24) is 10.2 Å². The Morgan fingerprint density at radius 1 is 1.50 bits per heavy atom. The Kier molecular flexibility index (Phi) is 4.76. The van der Waals surface area contributed by atoms with Crippen LogP contribution in [0.4, 0.5) is 4.79 Å². The topological polar surface area (TPSA) is 82.8 Å². The molecule has 18 heavy (non-hydrogen) atoms. The number of carboxylic acid groups (broad SMARTS) is 1. The third-order valence-corrected chi connectivity index (χ3v) is 2.53. The number of nitrogens with one attached hydrogen (secondary N) is 1. The molecule has 1 aromatic rings. The van der Waals surface area contributed by atoms with Crippen LogP contribution >= 0.6 is 0 Å². The summed E-state index contributed by atoms with van der Waals surface area (Å²) < 4.78 is 5.12. The van der Waals surface area contributed by atoms with Gasteiger partial charge in [-0.05, 0) is 18.1 Å². The van der Waals surface area contributed by atoms with Crippen molar-refractivity contribution < 1.29 is 19.1 Å². The molecule has 100 valence electrons. The van der Waals surface area contributed by atoms with E-state index in [2.05, 4.69) is 5.32 Å². The lowest BCUT2D eigenvalue weighted by atomic mass is 10.1. The Labute approximate surface area is 106 Å². The molecule has 0 spiro atoms. The number of aliphatic carboxylic acids is 1. The van der Waals surface area contributed by atoms with Gasteiger partial charge in [-0.15, -0.1) is 0 Å². The summed E-state index contributed by atoms with van der Waals surface area (Å²) in [5.41, 5.74) is 0. The molecule has 6 heteroatoms. The van der Waals surface area contributed by atoms with E-state index in [0.717, 1.165) is 0 Å². The summed E-state index contributed by atoms with van der Waals surface area (Å²) in [4.78, 5) is 24.1. The second kappa shape index (κ2) is 6.09. The van der Waals surface area contributed by atoms with Crippen LogP contribution in [0.25, 0.3) is 0 Å². The zero-order chi connectivity index (χ0) is 13.7. The Morgan fingerprint density at radius 2 is 2.17 bits per heavy atom. The van der Waals surface area contributed by atoms with Crippen molar-refractivity contribution >= 4 is 12.0 Å². The van der Waals surface area contributed by atoms with Crippen LogP contribution in [-0.4, -0.2) is 35.1 Å². The summed E-state index contributed by atoms with van der Waals surface area (Å²) in [6.45, 7) is 3.78. The average Bonchev–Trinajstić information content (AvgIpc) is 2.77. The van der Waals surface area contributed by atoms with Crippen LogP contribution < -0.4 is 5.32 Å². The normalized spacial score (nSPS) is 12.2. The van der Waals surface area contributed by atoms with Crippen molar-refractivity contribution in [3.63, 3.8) is 0 Å². The van der Waals surface area contributed by atoms with Crippen LogP contribution in [0.15, 0.2) is 22.8 Å². The summed E-state index contributed by atoms with van der Waals surface area (Å²) >= 11 is 0. The Balaban J connectivity index is 2.56. The van der Waals surface area contributed by atoms with Gasteiger partial charge in [-0.25, -0.2) is 9.59 Å². The van der Waals surface area contributed by atoms with Gasteiger partial charge in [-0.2, -0.15) is 0 Å². The molecule has 0 aliphatic rings. The molecule has 1 heterocycles. The number of carboxylic acids is 1. The highest BCUT2D eigenvalue weighted by molar-refractivity contribution is 5.82. The minimum Gasteiger partial charge on any atom is -0.480 e. The summed E-state index contributed by atoms with van der Waals surface area (Å²) in [7, 11) is 1.58. The van der Waals surface area contributed by atoms with Crippen molar-refractivity contribution in [2.24, 2.45) is 5.92 Å². The molecule has 0 radical (unpaired) electrons. The molecule has 0 fully saturated rings. The average molecular weight is 254 g/mol. The van der Waals surface area contributed by atoms with Crippen molar-refractivity contribution in [3.05, 3.63) is 24.2 Å². The molecule has 0 saturated heterocycles. The molecular formula is C12H18N2O4. The number of urea groups is 1. The summed E-state index contributed by atoms with van der Waals surface area (Å²) in [6, 6.07) is 2.15. The first-order valence-electron chi connectivity index (χ1n) is 5.68. The van der Waals surface area contributed by atoms with E-state index >= 15 is 0 Å². The number of carbonyl (C=O) groups is 2. The predicted octanol–water partition coefficient (Wildman–Crippen LogP) is 1.53. The van der Waals surface area contributed by atoms with E-state index in [1.807, 2.05) is 0 Å². The molecule has 0 saturated carbocycles. The number of rotatable bonds is 5. The standard InChI is InChI=1S/C12H18N2O4/c1-8(2)10(11(15)16)13-12(17)14(3)7-9-5-4-6-18-9/h4-6,8,10H,7H2,1-3H3,(H,13,17)(H,15,16)/t10-/m0/s1. The molecule has 1 rings (SSSR count). The minimum absolute atomic E-state index is 0.177. The number of hydrogen-bond donors (Lipinski definition) is 2. The van der Waals surface area contributed by atoms with Gasteiger partial charge >= 0.3 is 12.0 Å². The molecule has 0 aliphatic heterocycles. The second-order valence-corrected chi connectivity index (χ2v) is 4.44. The third kappa shape index (κ3) is 3.80. The molecule has 0 bridgehead atoms. The third-order valence-electron chi connectivity index (χ3n) is 2.53. The lowest BCUT2D eigenvalue weighted by Gasteiger charge is -2.22. The van der Waals surface area contributed by atoms with E-state index in [9.17, 15) is 9.59 Å². The number of nitrogens with zero attached hydrogens (tertiary/aromatic N) is 1. The lowest BCUT2D eigenvalue weighted by Crippen LogP contribution is -2.48. The second-order valence-electron chi connectivity index (χ2n) is 4.44. The zero-order valence-corrected chi connectivity index (χ0v) is 10.7.